The highest BCUT2D eigenvalue weighted by Gasteiger charge is 2.18. The molecule has 1 aliphatic carbocycles. The van der Waals surface area contributed by atoms with Gasteiger partial charge in [0.15, 0.2) is 0 Å². The topological polar surface area (TPSA) is 79.3 Å². The summed E-state index contributed by atoms with van der Waals surface area (Å²) in [6.45, 7) is 2.96. The quantitative estimate of drug-likeness (QED) is 0.874. The van der Waals surface area contributed by atoms with Crippen LogP contribution in [0.15, 0.2) is 18.3 Å². The maximum absolute atomic E-state index is 11.9. The first kappa shape index (κ1) is 15.5. The molecule has 1 aliphatic rings. The van der Waals surface area contributed by atoms with Gasteiger partial charge in [0.2, 0.25) is 0 Å². The van der Waals surface area contributed by atoms with Gasteiger partial charge in [-0.25, -0.2) is 9.78 Å². The Morgan fingerprint density at radius 1 is 1.29 bits per heavy atom. The number of carbonyl (C=O) groups is 2. The zero-order valence-corrected chi connectivity index (χ0v) is 12.3. The number of hydrogen-bond donors (Lipinski definition) is 2. The number of carboxylic acid groups (broad SMARTS) is 1. The van der Waals surface area contributed by atoms with E-state index >= 15 is 0 Å². The van der Waals surface area contributed by atoms with Crippen molar-refractivity contribution in [3.05, 3.63) is 29.6 Å². The van der Waals surface area contributed by atoms with E-state index in [4.69, 9.17) is 5.11 Å². The van der Waals surface area contributed by atoms with E-state index in [-0.39, 0.29) is 11.6 Å². The first-order valence-electron chi connectivity index (χ1n) is 7.54. The molecule has 1 heterocycles. The molecule has 0 unspecified atom stereocenters. The lowest BCUT2D eigenvalue weighted by atomic mass is 9.81. The van der Waals surface area contributed by atoms with Crippen molar-refractivity contribution in [2.24, 2.45) is 11.8 Å². The molecule has 2 N–H and O–H groups in total. The number of aromatic nitrogens is 1. The van der Waals surface area contributed by atoms with E-state index in [2.05, 4.69) is 17.2 Å². The molecule has 1 aromatic rings. The van der Waals surface area contributed by atoms with Crippen molar-refractivity contribution < 1.29 is 14.7 Å². The Kier molecular flexibility index (Phi) is 5.31. The van der Waals surface area contributed by atoms with Gasteiger partial charge in [0.25, 0.3) is 5.91 Å². The molecule has 0 bridgehead atoms. The third-order valence-electron chi connectivity index (χ3n) is 4.22. The Balaban J connectivity index is 1.75. The second kappa shape index (κ2) is 7.20. The predicted molar refractivity (Wildman–Crippen MR) is 79.3 cm³/mol. The van der Waals surface area contributed by atoms with Crippen LogP contribution in [0.4, 0.5) is 0 Å². The zero-order valence-electron chi connectivity index (χ0n) is 12.3. The van der Waals surface area contributed by atoms with Gasteiger partial charge in [0.1, 0.15) is 5.69 Å². The highest BCUT2D eigenvalue weighted by atomic mass is 16.4. The summed E-state index contributed by atoms with van der Waals surface area (Å²) in [4.78, 5) is 26.4. The summed E-state index contributed by atoms with van der Waals surface area (Å²) in [7, 11) is 0. The first-order chi connectivity index (χ1) is 10.1. The van der Waals surface area contributed by atoms with Gasteiger partial charge in [-0.2, -0.15) is 0 Å². The second-order valence-electron chi connectivity index (χ2n) is 5.91. The van der Waals surface area contributed by atoms with Crippen molar-refractivity contribution in [3.8, 4) is 0 Å². The average molecular weight is 290 g/mol. The van der Waals surface area contributed by atoms with Crippen molar-refractivity contribution in [2.45, 2.75) is 39.0 Å². The number of hydrogen-bond acceptors (Lipinski definition) is 3. The van der Waals surface area contributed by atoms with Crippen LogP contribution >= 0.6 is 0 Å². The smallest absolute Gasteiger partial charge is 0.354 e. The van der Waals surface area contributed by atoms with Crippen molar-refractivity contribution in [1.82, 2.24) is 10.3 Å². The summed E-state index contributed by atoms with van der Waals surface area (Å²) in [5.41, 5.74) is 0.347. The summed E-state index contributed by atoms with van der Waals surface area (Å²) in [5, 5.41) is 11.6. The lowest BCUT2D eigenvalue weighted by molar-refractivity contribution is 0.0689. The number of rotatable bonds is 5. The van der Waals surface area contributed by atoms with Crippen LogP contribution in [-0.4, -0.2) is 28.5 Å². The minimum atomic E-state index is -1.09. The van der Waals surface area contributed by atoms with Gasteiger partial charge in [-0.15, -0.1) is 0 Å². The molecular weight excluding hydrogens is 268 g/mol. The van der Waals surface area contributed by atoms with Gasteiger partial charge >= 0.3 is 5.97 Å². The van der Waals surface area contributed by atoms with Gasteiger partial charge in [-0.3, -0.25) is 4.79 Å². The minimum absolute atomic E-state index is 0.0529. The lowest BCUT2D eigenvalue weighted by Gasteiger charge is -2.26. The summed E-state index contributed by atoms with van der Waals surface area (Å²) < 4.78 is 0. The van der Waals surface area contributed by atoms with E-state index in [1.54, 1.807) is 0 Å². The number of aromatic carboxylic acids is 1. The molecule has 1 aromatic heterocycles. The predicted octanol–water partition coefficient (Wildman–Crippen LogP) is 2.73. The molecule has 0 atom stereocenters. The van der Waals surface area contributed by atoms with Crippen LogP contribution in [0.3, 0.4) is 0 Å². The van der Waals surface area contributed by atoms with Gasteiger partial charge in [0, 0.05) is 12.7 Å². The van der Waals surface area contributed by atoms with Gasteiger partial charge in [-0.1, -0.05) is 32.6 Å². The number of nitrogens with zero attached hydrogens (tertiary/aromatic N) is 1. The van der Waals surface area contributed by atoms with Crippen LogP contribution in [0.25, 0.3) is 0 Å². The van der Waals surface area contributed by atoms with Crippen LogP contribution in [-0.2, 0) is 0 Å². The highest BCUT2D eigenvalue weighted by Crippen LogP contribution is 2.29. The summed E-state index contributed by atoms with van der Waals surface area (Å²) in [6, 6.07) is 2.84. The zero-order chi connectivity index (χ0) is 15.2. The maximum atomic E-state index is 11.9. The number of nitrogens with one attached hydrogen (secondary N) is 1. The number of carboxylic acids is 1. The fraction of sp³-hybridized carbons (Fsp3) is 0.562. The van der Waals surface area contributed by atoms with Crippen LogP contribution in [0, 0.1) is 11.8 Å². The van der Waals surface area contributed by atoms with E-state index in [1.807, 2.05) is 0 Å². The third kappa shape index (κ3) is 4.55. The van der Waals surface area contributed by atoms with Gasteiger partial charge in [0.05, 0.1) is 5.56 Å². The molecule has 5 nitrogen and oxygen atoms in total. The van der Waals surface area contributed by atoms with Crippen LogP contribution in [0.5, 0.6) is 0 Å². The van der Waals surface area contributed by atoms with Gasteiger partial charge in [-0.05, 0) is 30.4 Å². The third-order valence-corrected chi connectivity index (χ3v) is 4.22. The first-order valence-corrected chi connectivity index (χ1v) is 7.54. The van der Waals surface area contributed by atoms with Crippen LogP contribution in [0.1, 0.15) is 59.9 Å². The van der Waals surface area contributed by atoms with Crippen LogP contribution < -0.4 is 5.32 Å². The molecule has 1 fully saturated rings. The van der Waals surface area contributed by atoms with E-state index in [1.165, 1.54) is 44.0 Å². The Morgan fingerprint density at radius 2 is 2.00 bits per heavy atom. The monoisotopic (exact) mass is 290 g/mol. The molecule has 0 radical (unpaired) electrons. The number of pyridine rings is 1. The average Bonchev–Trinajstić information content (AvgIpc) is 2.49. The van der Waals surface area contributed by atoms with Crippen molar-refractivity contribution in [3.63, 3.8) is 0 Å². The molecule has 1 saturated carbocycles. The lowest BCUT2D eigenvalue weighted by Crippen LogP contribution is -2.27. The van der Waals surface area contributed by atoms with E-state index < -0.39 is 5.97 Å². The van der Waals surface area contributed by atoms with E-state index in [0.29, 0.717) is 18.0 Å². The largest absolute Gasteiger partial charge is 0.477 e. The molecular formula is C16H22N2O3. The molecule has 0 aliphatic heterocycles. The normalized spacial score (nSPS) is 21.8. The minimum Gasteiger partial charge on any atom is -0.477 e. The van der Waals surface area contributed by atoms with Crippen LogP contribution in [0.2, 0.25) is 0 Å². The molecule has 21 heavy (non-hydrogen) atoms. The van der Waals surface area contributed by atoms with E-state index in [9.17, 15) is 9.59 Å². The maximum Gasteiger partial charge on any atom is 0.354 e. The summed E-state index contributed by atoms with van der Waals surface area (Å²) in [6.07, 6.45) is 7.41. The van der Waals surface area contributed by atoms with Crippen molar-refractivity contribution >= 4 is 11.9 Å². The van der Waals surface area contributed by atoms with Crippen molar-refractivity contribution in [1.29, 1.82) is 0 Å². The molecule has 5 heteroatoms. The Morgan fingerprint density at radius 3 is 2.57 bits per heavy atom. The van der Waals surface area contributed by atoms with E-state index in [0.717, 1.165) is 12.3 Å². The molecule has 0 saturated heterocycles. The van der Waals surface area contributed by atoms with Crippen molar-refractivity contribution in [2.75, 3.05) is 6.54 Å². The Hall–Kier alpha value is -1.91. The second-order valence-corrected chi connectivity index (χ2v) is 5.91. The SMILES string of the molecule is CC1CCC(CCNC(=O)c2ccc(C(=O)O)nc2)CC1. The molecule has 1 amide bonds. The molecule has 114 valence electrons. The Labute approximate surface area is 124 Å². The molecule has 0 spiro atoms. The summed E-state index contributed by atoms with van der Waals surface area (Å²) in [5.74, 6) is 0.278. The fourth-order valence-corrected chi connectivity index (χ4v) is 2.76. The fourth-order valence-electron chi connectivity index (χ4n) is 2.76. The highest BCUT2D eigenvalue weighted by molar-refractivity contribution is 5.94. The summed E-state index contributed by atoms with van der Waals surface area (Å²) >= 11 is 0. The molecule has 0 aromatic carbocycles. The number of amides is 1. The molecule has 2 rings (SSSR count). The number of carbonyl (C=O) groups excluding carboxylic acids is 1. The van der Waals surface area contributed by atoms with Gasteiger partial charge < -0.3 is 10.4 Å². The Bertz CT molecular complexity index is 491. The standard InChI is InChI=1S/C16H22N2O3/c1-11-2-4-12(5-3-11)8-9-17-15(19)13-6-7-14(16(20)21)18-10-13/h6-7,10-12H,2-5,8-9H2,1H3,(H,17,19)(H,20,21).